The van der Waals surface area contributed by atoms with Crippen molar-refractivity contribution in [3.63, 3.8) is 0 Å². The number of benzene rings is 2. The Labute approximate surface area is 265 Å². The van der Waals surface area contributed by atoms with Crippen molar-refractivity contribution >= 4 is 11.7 Å². The molecule has 11 nitrogen and oxygen atoms in total. The molecule has 2 rings (SSSR count). The lowest BCUT2D eigenvalue weighted by Crippen LogP contribution is -2.21. The molecule has 0 saturated carbocycles. The van der Waals surface area contributed by atoms with Crippen LogP contribution in [-0.2, 0) is 4.79 Å². The van der Waals surface area contributed by atoms with Crippen molar-refractivity contribution in [1.29, 1.82) is 0 Å². The molecule has 0 fully saturated rings. The predicted molar refractivity (Wildman–Crippen MR) is 142 cm³/mol. The van der Waals surface area contributed by atoms with Gasteiger partial charge in [-0.1, -0.05) is 52.4 Å². The smallest absolute Gasteiger partial charge is 0.487 e. The highest BCUT2D eigenvalue weighted by atomic mass is 19.4. The third kappa shape index (κ3) is 16.8. The Morgan fingerprint density at radius 2 is 1.02 bits per heavy atom. The molecule has 0 bridgehead atoms. The zero-order valence-electron chi connectivity index (χ0n) is 26.0. The maximum atomic E-state index is 13.4. The van der Waals surface area contributed by atoms with Gasteiger partial charge in [0.05, 0.1) is 18.1 Å². The molecule has 0 saturated heterocycles. The average molecular weight is 724 g/mol. The number of nitro groups is 1. The van der Waals surface area contributed by atoms with Crippen molar-refractivity contribution in [1.82, 2.24) is 0 Å². The number of hydrogen-bond acceptors (Lipinski definition) is 7. The fraction of sp³-hybridized carbons (Fsp3) is 0.500. The molecule has 2 N–H and O–H groups in total. The summed E-state index contributed by atoms with van der Waals surface area (Å²) in [7, 11) is 0. The van der Waals surface area contributed by atoms with E-state index in [2.05, 4.69) is 4.74 Å². The molecule has 0 spiro atoms. The van der Waals surface area contributed by atoms with E-state index in [1.807, 2.05) is 13.8 Å². The summed E-state index contributed by atoms with van der Waals surface area (Å²) in [5, 5.41) is 31.1. The number of unbranched alkanes of at least 4 members (excludes halogenated alkanes) is 6. The second-order valence-electron chi connectivity index (χ2n) is 8.85. The van der Waals surface area contributed by atoms with Crippen molar-refractivity contribution in [2.24, 2.45) is 0 Å². The lowest BCUT2D eigenvalue weighted by molar-refractivity contribution is -0.742. The minimum Gasteiger partial charge on any atom is -0.487 e. The van der Waals surface area contributed by atoms with Gasteiger partial charge < -0.3 is 19.8 Å². The maximum absolute atomic E-state index is 13.4. The number of aliphatic carboxylic acids is 1. The Morgan fingerprint density at radius 1 is 0.708 bits per heavy atom. The molecule has 48 heavy (non-hydrogen) atoms. The number of alkyl halides is 3. The largest absolute Gasteiger partial charge is 1.00 e. The number of rotatable bonds is 13. The summed E-state index contributed by atoms with van der Waals surface area (Å²) in [4.78, 5) is 26.1. The van der Waals surface area contributed by atoms with Crippen LogP contribution in [0.25, 0.3) is 0 Å². The van der Waals surface area contributed by atoms with Crippen LogP contribution in [0.4, 0.5) is 54.0 Å². The summed E-state index contributed by atoms with van der Waals surface area (Å²) in [5.74, 6) is -18.8. The van der Waals surface area contributed by atoms with Gasteiger partial charge in [-0.05, 0) is 12.8 Å². The van der Waals surface area contributed by atoms with Crippen molar-refractivity contribution in [2.75, 3.05) is 13.2 Å². The molecule has 0 heterocycles. The molecule has 0 aliphatic heterocycles. The van der Waals surface area contributed by atoms with Gasteiger partial charge >= 0.3 is 19.3 Å². The molecule has 0 amide bonds. The summed E-state index contributed by atoms with van der Waals surface area (Å²) in [5.41, 5.74) is -1.86. The standard InChI is InChI=1S/C12H13F4NO3.C12H14F4O.C2HF3O2.HNO3/c1-2-3-4-5-6-20-12-9(15)7(13)11(17(18)19)8(14)10(12)16;1-2-3-4-5-6-17-12-10(15)8(13)7-9(14)11(12)16;3-2(4,5)1(6)7;2-1(3)4/h2-6H2,1H3;7H,2-6H2,1H3;(H,6,7);(H,2,3,4)/p+1. The van der Waals surface area contributed by atoms with E-state index in [0.29, 0.717) is 12.8 Å². The number of carboxylic acid groups (broad SMARTS) is 1. The van der Waals surface area contributed by atoms with Crippen molar-refractivity contribution in [3.05, 3.63) is 72.8 Å². The first-order valence-corrected chi connectivity index (χ1v) is 13.4. The van der Waals surface area contributed by atoms with Crippen molar-refractivity contribution in [2.45, 2.75) is 71.4 Å². The maximum Gasteiger partial charge on any atom is 1.00 e. The first kappa shape index (κ1) is 45.5. The van der Waals surface area contributed by atoms with E-state index in [1.165, 1.54) is 0 Å². The molecule has 0 unspecified atom stereocenters. The fourth-order valence-electron chi connectivity index (χ4n) is 2.97. The minimum absolute atomic E-state index is 0. The van der Waals surface area contributed by atoms with Gasteiger partial charge in [-0.25, -0.2) is 13.6 Å². The van der Waals surface area contributed by atoms with Gasteiger partial charge in [-0.2, -0.15) is 39.5 Å². The van der Waals surface area contributed by atoms with Gasteiger partial charge in [0, 0.05) is 6.07 Å². The van der Waals surface area contributed by atoms with Crippen LogP contribution in [0.5, 0.6) is 11.5 Å². The summed E-state index contributed by atoms with van der Waals surface area (Å²) in [6.07, 6.45) is 1.34. The van der Waals surface area contributed by atoms with Crippen LogP contribution in [0.1, 0.15) is 66.6 Å². The lowest BCUT2D eigenvalue weighted by atomic mass is 10.2. The zero-order chi connectivity index (χ0) is 37.8. The van der Waals surface area contributed by atoms with Crippen LogP contribution in [0, 0.1) is 66.8 Å². The normalized spacial score (nSPS) is 10.4. The number of carbonyl (C=O) groups is 1. The van der Waals surface area contributed by atoms with Gasteiger partial charge in [0.2, 0.25) is 34.9 Å². The van der Waals surface area contributed by atoms with E-state index in [4.69, 9.17) is 30.0 Å². The summed E-state index contributed by atoms with van der Waals surface area (Å²) in [6.45, 7) is 3.88. The topological polar surface area (TPSA) is 162 Å². The number of hydrogen-bond donors (Lipinski definition) is 2. The highest BCUT2D eigenvalue weighted by Crippen LogP contribution is 2.34. The van der Waals surface area contributed by atoms with E-state index in [-0.39, 0.29) is 20.7 Å². The lowest BCUT2D eigenvalue weighted by Gasteiger charge is -2.09. The molecule has 0 atom stereocenters. The van der Waals surface area contributed by atoms with Gasteiger partial charge in [0.15, 0.2) is 23.1 Å². The Bertz CT molecular complexity index is 1300. The van der Waals surface area contributed by atoms with Gasteiger partial charge in [0.1, 0.15) is 0 Å². The van der Waals surface area contributed by atoms with Gasteiger partial charge in [-0.3, -0.25) is 10.1 Å². The average Bonchev–Trinajstić information content (AvgIpc) is 2.98. The second kappa shape index (κ2) is 22.8. The monoisotopic (exact) mass is 723 g/mol. The second-order valence-corrected chi connectivity index (χ2v) is 8.85. The third-order valence-corrected chi connectivity index (χ3v) is 5.19. The van der Waals surface area contributed by atoms with Gasteiger partial charge in [0.25, 0.3) is 5.09 Å². The number of nitrogens with zero attached hydrogens (tertiary/aromatic N) is 2. The first-order valence-electron chi connectivity index (χ1n) is 13.4. The van der Waals surface area contributed by atoms with Crippen LogP contribution in [0.3, 0.4) is 0 Å². The van der Waals surface area contributed by atoms with Crippen molar-refractivity contribution < 1.29 is 84.3 Å². The highest BCUT2D eigenvalue weighted by Gasteiger charge is 2.38. The van der Waals surface area contributed by atoms with Crippen LogP contribution in [-0.4, -0.2) is 45.7 Å². The van der Waals surface area contributed by atoms with E-state index in [0.717, 1.165) is 38.5 Å². The Morgan fingerprint density at radius 3 is 1.29 bits per heavy atom. The van der Waals surface area contributed by atoms with E-state index in [9.17, 15) is 58.4 Å². The molecule has 274 valence electrons. The molecule has 0 aliphatic carbocycles. The Balaban J connectivity index is -0.000000658. The molecule has 22 heteroatoms. The van der Waals surface area contributed by atoms with Crippen LogP contribution in [0.2, 0.25) is 0 Å². The number of ether oxygens (including phenoxy) is 2. The van der Waals surface area contributed by atoms with E-state index in [1.54, 1.807) is 0 Å². The van der Waals surface area contributed by atoms with Gasteiger partial charge in [-0.15, -0.1) is 10.1 Å². The van der Waals surface area contributed by atoms with Crippen LogP contribution in [0.15, 0.2) is 6.07 Å². The third-order valence-electron chi connectivity index (χ3n) is 5.19. The molecular weight excluding hydrogens is 693 g/mol. The quantitative estimate of drug-likeness (QED) is 0.0677. The summed E-state index contributed by atoms with van der Waals surface area (Å²) >= 11 is 0. The molecule has 2 aromatic carbocycles. The predicted octanol–water partition coefficient (Wildman–Crippen LogP) is 8.71. The molecule has 0 aromatic heterocycles. The number of nitro benzene ring substituents is 1. The minimum atomic E-state index is -5.08. The molecule has 0 aliphatic rings. The highest BCUT2D eigenvalue weighted by molar-refractivity contribution is 5.73. The summed E-state index contributed by atoms with van der Waals surface area (Å²) < 4.78 is 146. The first-order chi connectivity index (χ1) is 22.2. The van der Waals surface area contributed by atoms with Crippen molar-refractivity contribution in [3.8, 4) is 11.5 Å². The SMILES string of the molecule is CCCCCCOc1c(F)c(F)c([N+](=O)[O-])c(F)c1F.CCCCCCOc1c(F)c(F)cc(F)c1F.O=C(O)C(F)(F)F.O=[N+]([O-])O.[H+]. The number of halogens is 11. The molecule has 0 radical (unpaired) electrons. The fourth-order valence-corrected chi connectivity index (χ4v) is 2.97. The molecule has 2 aromatic rings. The summed E-state index contributed by atoms with van der Waals surface area (Å²) in [6, 6.07) is 0.161. The number of carboxylic acids is 1. The Kier molecular flexibility index (Phi) is 21.6. The molecular formula is C26H30F11N2O9+. The Hall–Kier alpha value is -4.66. The zero-order valence-corrected chi connectivity index (χ0v) is 25.0. The van der Waals surface area contributed by atoms with E-state index < -0.39 is 85.9 Å². The van der Waals surface area contributed by atoms with E-state index >= 15 is 0 Å². The van der Waals surface area contributed by atoms with Crippen LogP contribution >= 0.6 is 0 Å². The van der Waals surface area contributed by atoms with Crippen LogP contribution < -0.4 is 9.47 Å².